The maximum Gasteiger partial charge on any atom is 0.220 e. The van der Waals surface area contributed by atoms with Crippen LogP contribution < -0.4 is 11.1 Å². The highest BCUT2D eigenvalue weighted by Crippen LogP contribution is 2.07. The molecular formula is C15H24N2O. The van der Waals surface area contributed by atoms with Crippen molar-refractivity contribution in [3.63, 3.8) is 0 Å². The zero-order valence-electron chi connectivity index (χ0n) is 11.4. The van der Waals surface area contributed by atoms with Crippen LogP contribution in [0.15, 0.2) is 24.3 Å². The van der Waals surface area contributed by atoms with Crippen molar-refractivity contribution in [2.24, 2.45) is 11.7 Å². The van der Waals surface area contributed by atoms with Crippen molar-refractivity contribution in [3.05, 3.63) is 35.4 Å². The molecule has 0 aliphatic rings. The van der Waals surface area contributed by atoms with Crippen LogP contribution in [0.1, 0.15) is 30.9 Å². The molecule has 0 saturated carbocycles. The van der Waals surface area contributed by atoms with Gasteiger partial charge in [-0.3, -0.25) is 4.79 Å². The molecule has 0 radical (unpaired) electrons. The van der Waals surface area contributed by atoms with Gasteiger partial charge in [-0.1, -0.05) is 36.8 Å². The van der Waals surface area contributed by atoms with Gasteiger partial charge in [0.15, 0.2) is 0 Å². The molecule has 3 nitrogen and oxygen atoms in total. The first-order valence-electron chi connectivity index (χ1n) is 6.64. The lowest BCUT2D eigenvalue weighted by molar-refractivity contribution is -0.121. The number of amides is 1. The number of rotatable bonds is 7. The van der Waals surface area contributed by atoms with E-state index in [1.807, 2.05) is 6.92 Å². The SMILES string of the molecule is Cc1cccc(CCCC(=O)NCC(C)CN)c1. The minimum absolute atomic E-state index is 0.128. The first-order chi connectivity index (χ1) is 8.61. The van der Waals surface area contributed by atoms with Crippen LogP contribution in [0, 0.1) is 12.8 Å². The Morgan fingerprint density at radius 1 is 1.44 bits per heavy atom. The van der Waals surface area contributed by atoms with E-state index in [0.717, 1.165) is 12.8 Å². The minimum atomic E-state index is 0.128. The van der Waals surface area contributed by atoms with Gasteiger partial charge in [0.05, 0.1) is 0 Å². The number of carbonyl (C=O) groups is 1. The van der Waals surface area contributed by atoms with Gasteiger partial charge in [0.1, 0.15) is 0 Å². The molecule has 1 aromatic rings. The van der Waals surface area contributed by atoms with Crippen LogP contribution >= 0.6 is 0 Å². The maximum absolute atomic E-state index is 11.6. The molecule has 0 aliphatic carbocycles. The third-order valence-electron chi connectivity index (χ3n) is 3.00. The standard InChI is InChI=1S/C15H24N2O/c1-12-5-3-6-14(9-12)7-4-8-15(18)17-11-13(2)10-16/h3,5-6,9,13H,4,7-8,10-11,16H2,1-2H3,(H,17,18). The van der Waals surface area contributed by atoms with E-state index in [1.165, 1.54) is 11.1 Å². The van der Waals surface area contributed by atoms with Crippen molar-refractivity contribution in [3.8, 4) is 0 Å². The molecule has 3 heteroatoms. The van der Waals surface area contributed by atoms with Crippen molar-refractivity contribution >= 4 is 5.91 Å². The summed E-state index contributed by atoms with van der Waals surface area (Å²) in [5, 5.41) is 2.91. The summed E-state index contributed by atoms with van der Waals surface area (Å²) in [7, 11) is 0. The predicted octanol–water partition coefficient (Wildman–Crippen LogP) is 2.03. The summed E-state index contributed by atoms with van der Waals surface area (Å²) in [4.78, 5) is 11.6. The average Bonchev–Trinajstić information content (AvgIpc) is 2.36. The van der Waals surface area contributed by atoms with Crippen molar-refractivity contribution in [1.29, 1.82) is 0 Å². The fourth-order valence-corrected chi connectivity index (χ4v) is 1.78. The fourth-order valence-electron chi connectivity index (χ4n) is 1.78. The second-order valence-electron chi connectivity index (χ2n) is 4.99. The first-order valence-corrected chi connectivity index (χ1v) is 6.64. The Kier molecular flexibility index (Phi) is 6.44. The highest BCUT2D eigenvalue weighted by atomic mass is 16.1. The quantitative estimate of drug-likeness (QED) is 0.775. The van der Waals surface area contributed by atoms with Crippen LogP contribution in [0.5, 0.6) is 0 Å². The minimum Gasteiger partial charge on any atom is -0.356 e. The molecule has 0 bridgehead atoms. The number of benzene rings is 1. The Morgan fingerprint density at radius 3 is 2.89 bits per heavy atom. The summed E-state index contributed by atoms with van der Waals surface area (Å²) in [6.45, 7) is 5.42. The molecule has 1 rings (SSSR count). The van der Waals surface area contributed by atoms with Crippen molar-refractivity contribution in [2.75, 3.05) is 13.1 Å². The van der Waals surface area contributed by atoms with Gasteiger partial charge in [0, 0.05) is 13.0 Å². The second kappa shape index (κ2) is 7.88. The summed E-state index contributed by atoms with van der Waals surface area (Å²) in [5.74, 6) is 0.480. The maximum atomic E-state index is 11.6. The van der Waals surface area contributed by atoms with Gasteiger partial charge >= 0.3 is 0 Å². The van der Waals surface area contributed by atoms with Gasteiger partial charge < -0.3 is 11.1 Å². The Bertz CT molecular complexity index is 377. The molecule has 3 N–H and O–H groups in total. The van der Waals surface area contributed by atoms with E-state index < -0.39 is 0 Å². The number of nitrogens with one attached hydrogen (secondary N) is 1. The lowest BCUT2D eigenvalue weighted by atomic mass is 10.1. The number of carbonyl (C=O) groups excluding carboxylic acids is 1. The molecule has 0 spiro atoms. The van der Waals surface area contributed by atoms with Gasteiger partial charge in [-0.25, -0.2) is 0 Å². The number of nitrogens with two attached hydrogens (primary N) is 1. The summed E-state index contributed by atoms with van der Waals surface area (Å²) < 4.78 is 0. The van der Waals surface area contributed by atoms with E-state index in [1.54, 1.807) is 0 Å². The smallest absolute Gasteiger partial charge is 0.220 e. The van der Waals surface area contributed by atoms with Gasteiger partial charge in [-0.2, -0.15) is 0 Å². The zero-order chi connectivity index (χ0) is 13.4. The first kappa shape index (κ1) is 14.7. The predicted molar refractivity (Wildman–Crippen MR) is 75.3 cm³/mol. The molecule has 0 fully saturated rings. The van der Waals surface area contributed by atoms with Crippen LogP contribution in [0.25, 0.3) is 0 Å². The van der Waals surface area contributed by atoms with Crippen molar-refractivity contribution in [1.82, 2.24) is 5.32 Å². The molecule has 100 valence electrons. The molecule has 1 aromatic carbocycles. The summed E-state index contributed by atoms with van der Waals surface area (Å²) in [6, 6.07) is 8.44. The lowest BCUT2D eigenvalue weighted by Gasteiger charge is -2.10. The highest BCUT2D eigenvalue weighted by Gasteiger charge is 2.04. The van der Waals surface area contributed by atoms with E-state index in [0.29, 0.717) is 25.4 Å². The van der Waals surface area contributed by atoms with Gasteiger partial charge in [-0.15, -0.1) is 0 Å². The molecular weight excluding hydrogens is 224 g/mol. The Labute approximate surface area is 110 Å². The van der Waals surface area contributed by atoms with Crippen molar-refractivity contribution in [2.45, 2.75) is 33.1 Å². The van der Waals surface area contributed by atoms with Crippen LogP contribution in [-0.2, 0) is 11.2 Å². The average molecular weight is 248 g/mol. The molecule has 1 atom stereocenters. The Morgan fingerprint density at radius 2 is 2.22 bits per heavy atom. The number of aryl methyl sites for hydroxylation is 2. The lowest BCUT2D eigenvalue weighted by Crippen LogP contribution is -2.31. The highest BCUT2D eigenvalue weighted by molar-refractivity contribution is 5.75. The molecule has 1 unspecified atom stereocenters. The third kappa shape index (κ3) is 5.82. The third-order valence-corrected chi connectivity index (χ3v) is 3.00. The summed E-state index contributed by atoms with van der Waals surface area (Å²) in [5.41, 5.74) is 8.07. The van der Waals surface area contributed by atoms with Crippen LogP contribution in [0.4, 0.5) is 0 Å². The molecule has 1 amide bonds. The van der Waals surface area contributed by atoms with Crippen LogP contribution in [0.3, 0.4) is 0 Å². The van der Waals surface area contributed by atoms with E-state index in [9.17, 15) is 4.79 Å². The van der Waals surface area contributed by atoms with Gasteiger partial charge in [0.25, 0.3) is 0 Å². The second-order valence-corrected chi connectivity index (χ2v) is 4.99. The normalized spacial score (nSPS) is 12.2. The molecule has 0 aliphatic heterocycles. The van der Waals surface area contributed by atoms with E-state index >= 15 is 0 Å². The Balaban J connectivity index is 2.19. The van der Waals surface area contributed by atoms with Crippen LogP contribution in [-0.4, -0.2) is 19.0 Å². The van der Waals surface area contributed by atoms with E-state index in [-0.39, 0.29) is 5.91 Å². The summed E-state index contributed by atoms with van der Waals surface area (Å²) in [6.07, 6.45) is 2.44. The largest absolute Gasteiger partial charge is 0.356 e. The van der Waals surface area contributed by atoms with Crippen molar-refractivity contribution < 1.29 is 4.79 Å². The molecule has 18 heavy (non-hydrogen) atoms. The number of hydrogen-bond donors (Lipinski definition) is 2. The van der Waals surface area contributed by atoms with E-state index in [4.69, 9.17) is 5.73 Å². The topological polar surface area (TPSA) is 55.1 Å². The van der Waals surface area contributed by atoms with E-state index in [2.05, 4.69) is 36.5 Å². The monoisotopic (exact) mass is 248 g/mol. The van der Waals surface area contributed by atoms with Gasteiger partial charge in [0.2, 0.25) is 5.91 Å². The zero-order valence-corrected chi connectivity index (χ0v) is 11.4. The van der Waals surface area contributed by atoms with Gasteiger partial charge in [-0.05, 0) is 37.8 Å². The molecule has 0 saturated heterocycles. The summed E-state index contributed by atoms with van der Waals surface area (Å²) >= 11 is 0. The molecule has 0 heterocycles. The number of hydrogen-bond acceptors (Lipinski definition) is 2. The molecule has 0 aromatic heterocycles. The van der Waals surface area contributed by atoms with Crippen LogP contribution in [0.2, 0.25) is 0 Å². The Hall–Kier alpha value is -1.35. The fraction of sp³-hybridized carbons (Fsp3) is 0.533.